The predicted molar refractivity (Wildman–Crippen MR) is 158 cm³/mol. The number of carbonyl (C=O) groups excluding carboxylic acids is 1. The van der Waals surface area contributed by atoms with Crippen molar-refractivity contribution in [3.05, 3.63) is 83.7 Å². The van der Waals surface area contributed by atoms with E-state index in [9.17, 15) is 9.90 Å². The number of urea groups is 1. The molecule has 6 rings (SSSR count). The molecule has 1 aliphatic heterocycles. The smallest absolute Gasteiger partial charge is 0.324 e. The van der Waals surface area contributed by atoms with Gasteiger partial charge in [-0.25, -0.2) is 9.48 Å². The number of ether oxygens (including phenoxy) is 2. The van der Waals surface area contributed by atoms with Gasteiger partial charge in [-0.1, -0.05) is 32.9 Å². The molecule has 5 aromatic rings. The van der Waals surface area contributed by atoms with E-state index in [1.807, 2.05) is 64.1 Å². The molecule has 0 unspecified atom stereocenters. The summed E-state index contributed by atoms with van der Waals surface area (Å²) in [5.74, 6) is 2.21. The number of rotatable bonds is 5. The number of phenols is 1. The number of aromatic amines is 1. The summed E-state index contributed by atoms with van der Waals surface area (Å²) in [5.41, 5.74) is 3.90. The summed E-state index contributed by atoms with van der Waals surface area (Å²) >= 11 is 0. The van der Waals surface area contributed by atoms with E-state index < -0.39 is 6.03 Å². The van der Waals surface area contributed by atoms with Crippen molar-refractivity contribution >= 4 is 34.5 Å². The van der Waals surface area contributed by atoms with Gasteiger partial charge < -0.3 is 19.9 Å². The van der Waals surface area contributed by atoms with Crippen LogP contribution in [0.1, 0.15) is 37.6 Å². The van der Waals surface area contributed by atoms with Gasteiger partial charge in [0.15, 0.2) is 5.75 Å². The molecule has 2 amide bonds. The van der Waals surface area contributed by atoms with Crippen LogP contribution in [-0.2, 0) is 5.41 Å². The summed E-state index contributed by atoms with van der Waals surface area (Å²) in [6, 6.07) is 15.8. The number of aryl methyl sites for hydroxylation is 1. The molecule has 41 heavy (non-hydrogen) atoms. The van der Waals surface area contributed by atoms with Crippen molar-refractivity contribution in [1.82, 2.24) is 20.0 Å². The number of amides is 2. The van der Waals surface area contributed by atoms with Crippen molar-refractivity contribution in [3.63, 3.8) is 0 Å². The van der Waals surface area contributed by atoms with E-state index in [2.05, 4.69) is 20.8 Å². The quantitative estimate of drug-likeness (QED) is 0.189. The third kappa shape index (κ3) is 5.07. The highest BCUT2D eigenvalue weighted by atomic mass is 16.5. The lowest BCUT2D eigenvalue weighted by Gasteiger charge is -2.20. The second-order valence-electron chi connectivity index (χ2n) is 10.9. The first kappa shape index (κ1) is 26.0. The molecule has 3 heterocycles. The molecule has 4 N–H and O–H groups in total. The van der Waals surface area contributed by atoms with Crippen molar-refractivity contribution in [2.75, 3.05) is 17.2 Å². The van der Waals surface area contributed by atoms with Crippen LogP contribution in [0.3, 0.4) is 0 Å². The number of aromatic nitrogens is 4. The fourth-order valence-corrected chi connectivity index (χ4v) is 4.63. The molecule has 2 aromatic heterocycles. The van der Waals surface area contributed by atoms with Gasteiger partial charge in [0.25, 0.3) is 0 Å². The molecular formula is C31H30N6O4. The number of aromatic hydroxyl groups is 1. The van der Waals surface area contributed by atoms with E-state index in [0.29, 0.717) is 46.6 Å². The van der Waals surface area contributed by atoms with E-state index in [0.717, 1.165) is 22.2 Å². The normalized spacial score (nSPS) is 12.6. The zero-order valence-electron chi connectivity index (χ0n) is 23.1. The SMILES string of the molecule is Cc1ccc(-n2nc(C(C)(C)C)cc2NC(=O)Nc2ccc(Oc3cccc4[nH]ncc34)c3c2OCC=C3)c(O)c1. The lowest BCUT2D eigenvalue weighted by atomic mass is 9.92. The predicted octanol–water partition coefficient (Wildman–Crippen LogP) is 6.90. The number of phenolic OH excluding ortho intramolecular Hbond substituents is 1. The summed E-state index contributed by atoms with van der Waals surface area (Å²) < 4.78 is 13.8. The third-order valence-electron chi connectivity index (χ3n) is 6.76. The summed E-state index contributed by atoms with van der Waals surface area (Å²) in [7, 11) is 0. The molecule has 10 heteroatoms. The first-order valence-electron chi connectivity index (χ1n) is 13.2. The first-order valence-corrected chi connectivity index (χ1v) is 13.2. The average Bonchev–Trinajstić information content (AvgIpc) is 3.58. The Morgan fingerprint density at radius 2 is 1.95 bits per heavy atom. The minimum Gasteiger partial charge on any atom is -0.506 e. The maximum absolute atomic E-state index is 13.3. The van der Waals surface area contributed by atoms with Crippen LogP contribution in [0.4, 0.5) is 16.3 Å². The van der Waals surface area contributed by atoms with Gasteiger partial charge in [0.1, 0.15) is 35.4 Å². The zero-order chi connectivity index (χ0) is 28.7. The fourth-order valence-electron chi connectivity index (χ4n) is 4.63. The topological polar surface area (TPSA) is 126 Å². The lowest BCUT2D eigenvalue weighted by Crippen LogP contribution is -2.22. The Morgan fingerprint density at radius 1 is 1.10 bits per heavy atom. The molecule has 0 atom stereocenters. The Balaban J connectivity index is 1.29. The van der Waals surface area contributed by atoms with E-state index in [4.69, 9.17) is 14.6 Å². The van der Waals surface area contributed by atoms with Gasteiger partial charge in [-0.2, -0.15) is 10.2 Å². The van der Waals surface area contributed by atoms with Crippen molar-refractivity contribution < 1.29 is 19.4 Å². The van der Waals surface area contributed by atoms with Gasteiger partial charge in [-0.05, 0) is 61.0 Å². The molecular weight excluding hydrogens is 520 g/mol. The Morgan fingerprint density at radius 3 is 2.76 bits per heavy atom. The molecule has 0 bridgehead atoms. The number of anilines is 2. The summed E-state index contributed by atoms with van der Waals surface area (Å²) in [5, 5.41) is 29.0. The summed E-state index contributed by atoms with van der Waals surface area (Å²) in [6.07, 6.45) is 5.52. The Hall–Kier alpha value is -5.25. The third-order valence-corrected chi connectivity index (χ3v) is 6.76. The monoisotopic (exact) mass is 550 g/mol. The average molecular weight is 551 g/mol. The maximum atomic E-state index is 13.3. The molecule has 3 aromatic carbocycles. The largest absolute Gasteiger partial charge is 0.506 e. The molecule has 1 aliphatic rings. The van der Waals surface area contributed by atoms with Crippen LogP contribution in [0, 0.1) is 6.92 Å². The Bertz CT molecular complexity index is 1810. The zero-order valence-corrected chi connectivity index (χ0v) is 23.1. The minimum atomic E-state index is -0.490. The van der Waals surface area contributed by atoms with Crippen LogP contribution < -0.4 is 20.1 Å². The van der Waals surface area contributed by atoms with Crippen LogP contribution in [-0.4, -0.2) is 37.7 Å². The van der Waals surface area contributed by atoms with Gasteiger partial charge in [-0.15, -0.1) is 0 Å². The van der Waals surface area contributed by atoms with Crippen LogP contribution in [0.5, 0.6) is 23.0 Å². The molecule has 0 spiro atoms. The van der Waals surface area contributed by atoms with Crippen molar-refractivity contribution in [1.29, 1.82) is 0 Å². The Kier molecular flexibility index (Phi) is 6.37. The van der Waals surface area contributed by atoms with Crippen LogP contribution in [0.15, 0.2) is 66.9 Å². The molecule has 0 fully saturated rings. The maximum Gasteiger partial charge on any atom is 0.324 e. The number of fused-ring (bicyclic) bond motifs is 2. The second-order valence-corrected chi connectivity index (χ2v) is 10.9. The minimum absolute atomic E-state index is 0.0629. The molecule has 10 nitrogen and oxygen atoms in total. The van der Waals surface area contributed by atoms with Gasteiger partial charge in [0.05, 0.1) is 34.0 Å². The molecule has 0 radical (unpaired) electrons. The highest BCUT2D eigenvalue weighted by Gasteiger charge is 2.24. The highest BCUT2D eigenvalue weighted by Crippen LogP contribution is 2.42. The molecule has 0 saturated carbocycles. The van der Waals surface area contributed by atoms with Gasteiger partial charge >= 0.3 is 6.03 Å². The van der Waals surface area contributed by atoms with Crippen molar-refractivity contribution in [3.8, 4) is 28.7 Å². The van der Waals surface area contributed by atoms with Gasteiger partial charge in [-0.3, -0.25) is 10.4 Å². The first-order chi connectivity index (χ1) is 19.7. The fraction of sp³-hybridized carbons (Fsp3) is 0.194. The van der Waals surface area contributed by atoms with E-state index >= 15 is 0 Å². The van der Waals surface area contributed by atoms with Crippen molar-refractivity contribution in [2.24, 2.45) is 0 Å². The van der Waals surface area contributed by atoms with Crippen LogP contribution in [0.25, 0.3) is 22.7 Å². The van der Waals surface area contributed by atoms with Gasteiger partial charge in [0.2, 0.25) is 0 Å². The lowest BCUT2D eigenvalue weighted by molar-refractivity contribution is 0.261. The number of nitrogens with one attached hydrogen (secondary N) is 3. The van der Waals surface area contributed by atoms with Crippen LogP contribution in [0.2, 0.25) is 0 Å². The molecule has 208 valence electrons. The number of carbonyl (C=O) groups is 1. The number of benzene rings is 3. The molecule has 0 aliphatic carbocycles. The summed E-state index contributed by atoms with van der Waals surface area (Å²) in [4.78, 5) is 13.3. The van der Waals surface area contributed by atoms with Gasteiger partial charge in [0, 0.05) is 11.5 Å². The number of hydrogen-bond acceptors (Lipinski definition) is 6. The second kappa shape index (κ2) is 10.1. The molecule has 0 saturated heterocycles. The van der Waals surface area contributed by atoms with Crippen LogP contribution >= 0.6 is 0 Å². The number of H-pyrrole nitrogens is 1. The van der Waals surface area contributed by atoms with Crippen molar-refractivity contribution in [2.45, 2.75) is 33.1 Å². The summed E-state index contributed by atoms with van der Waals surface area (Å²) in [6.45, 7) is 8.36. The van der Waals surface area contributed by atoms with E-state index in [1.54, 1.807) is 36.5 Å². The Labute approximate surface area is 236 Å². The van der Waals surface area contributed by atoms with E-state index in [-0.39, 0.29) is 11.2 Å². The van der Waals surface area contributed by atoms with E-state index in [1.165, 1.54) is 4.68 Å². The standard InChI is InChI=1S/C31H30N6O4/c1-18-10-12-23(24(38)15-18)37-28(16-27(36-37)31(2,3)4)34-30(39)33-22-11-13-26(19-7-6-14-40-29(19)22)41-25-9-5-8-21-20(25)17-32-35-21/h5-13,15-17,38H,14H2,1-4H3,(H,32,35)(H2,33,34,39). The number of hydrogen-bond donors (Lipinski definition) is 4. The number of nitrogens with zero attached hydrogens (tertiary/aromatic N) is 3. The highest BCUT2D eigenvalue weighted by molar-refractivity contribution is 6.01.